The van der Waals surface area contributed by atoms with Crippen LogP contribution in [0.2, 0.25) is 0 Å². The van der Waals surface area contributed by atoms with Gasteiger partial charge in [-0.3, -0.25) is 0 Å². The Bertz CT molecular complexity index is 497. The predicted molar refractivity (Wildman–Crippen MR) is 77.3 cm³/mol. The lowest BCUT2D eigenvalue weighted by molar-refractivity contribution is 0.725. The maximum absolute atomic E-state index is 3.59. The topological polar surface area (TPSA) is 15.3 Å². The number of benzene rings is 2. The second kappa shape index (κ2) is 4.73. The van der Waals surface area contributed by atoms with Gasteiger partial charge in [0.15, 0.2) is 0 Å². The molecule has 0 unspecified atom stereocenters. The number of hydrogen-bond donors (Lipinski definition) is 1. The van der Waals surface area contributed by atoms with E-state index in [1.54, 1.807) is 0 Å². The van der Waals surface area contributed by atoms with Crippen molar-refractivity contribution in [1.82, 2.24) is 0 Å². The summed E-state index contributed by atoms with van der Waals surface area (Å²) in [4.78, 5) is 2.31. The van der Waals surface area contributed by atoms with Gasteiger partial charge in [-0.05, 0) is 30.2 Å². The quantitative estimate of drug-likeness (QED) is 0.883. The van der Waals surface area contributed by atoms with Crippen molar-refractivity contribution in [3.8, 4) is 0 Å². The van der Waals surface area contributed by atoms with Crippen molar-refractivity contribution in [3.63, 3.8) is 0 Å². The Balaban J connectivity index is 1.66. The molecule has 1 aliphatic heterocycles. The highest BCUT2D eigenvalue weighted by atomic mass is 15.1. The molecule has 18 heavy (non-hydrogen) atoms. The van der Waals surface area contributed by atoms with Crippen LogP contribution in [-0.2, 0) is 6.42 Å². The number of rotatable bonds is 3. The lowest BCUT2D eigenvalue weighted by atomic mass is 10.1. The van der Waals surface area contributed by atoms with Gasteiger partial charge >= 0.3 is 0 Å². The summed E-state index contributed by atoms with van der Waals surface area (Å²) in [6.45, 7) is 1.03. The minimum atomic E-state index is 0.507. The lowest BCUT2D eigenvalue weighted by Gasteiger charge is -2.23. The Labute approximate surface area is 108 Å². The van der Waals surface area contributed by atoms with E-state index in [2.05, 4.69) is 71.9 Å². The van der Waals surface area contributed by atoms with Crippen LogP contribution in [-0.4, -0.2) is 19.6 Å². The fourth-order valence-corrected chi connectivity index (χ4v) is 2.60. The van der Waals surface area contributed by atoms with Crippen molar-refractivity contribution in [3.05, 3.63) is 60.2 Å². The minimum Gasteiger partial charge on any atom is -0.380 e. The van der Waals surface area contributed by atoms with Crippen LogP contribution in [0.15, 0.2) is 54.6 Å². The Hall–Kier alpha value is -1.96. The van der Waals surface area contributed by atoms with E-state index in [1.165, 1.54) is 16.9 Å². The Morgan fingerprint density at radius 3 is 2.56 bits per heavy atom. The molecule has 1 aliphatic rings. The molecule has 1 heterocycles. The summed E-state index contributed by atoms with van der Waals surface area (Å²) in [6, 6.07) is 19.6. The third-order valence-electron chi connectivity index (χ3n) is 3.53. The Kier molecular flexibility index (Phi) is 2.93. The molecule has 2 nitrogen and oxygen atoms in total. The standard InChI is InChI=1S/C16H18N2/c1-18(15-8-3-2-4-9-15)12-14-11-13-7-5-6-10-16(13)17-14/h2-10,14,17H,11-12H2,1H3/t14-/m0/s1. The molecule has 0 spiro atoms. The van der Waals surface area contributed by atoms with Crippen molar-refractivity contribution in [1.29, 1.82) is 0 Å². The second-order valence-electron chi connectivity index (χ2n) is 4.92. The molecule has 3 rings (SSSR count). The van der Waals surface area contributed by atoms with Crippen molar-refractivity contribution < 1.29 is 0 Å². The minimum absolute atomic E-state index is 0.507. The normalized spacial score (nSPS) is 17.1. The molecule has 1 atom stereocenters. The van der Waals surface area contributed by atoms with Gasteiger partial charge in [0.05, 0.1) is 0 Å². The highest BCUT2D eigenvalue weighted by molar-refractivity contribution is 5.57. The first-order valence-corrected chi connectivity index (χ1v) is 6.43. The molecule has 2 aromatic carbocycles. The second-order valence-corrected chi connectivity index (χ2v) is 4.92. The van der Waals surface area contributed by atoms with E-state index in [-0.39, 0.29) is 0 Å². The number of nitrogens with one attached hydrogen (secondary N) is 1. The average Bonchev–Trinajstić information content (AvgIpc) is 2.82. The van der Waals surface area contributed by atoms with Crippen molar-refractivity contribution in [2.75, 3.05) is 23.8 Å². The van der Waals surface area contributed by atoms with Crippen LogP contribution in [0.25, 0.3) is 0 Å². The molecule has 0 saturated carbocycles. The summed E-state index contributed by atoms with van der Waals surface area (Å²) in [5, 5.41) is 3.59. The van der Waals surface area contributed by atoms with Gasteiger partial charge in [-0.15, -0.1) is 0 Å². The monoisotopic (exact) mass is 238 g/mol. The van der Waals surface area contributed by atoms with E-state index in [4.69, 9.17) is 0 Å². The summed E-state index contributed by atoms with van der Waals surface area (Å²) < 4.78 is 0. The summed E-state index contributed by atoms with van der Waals surface area (Å²) in [7, 11) is 2.15. The van der Waals surface area contributed by atoms with Gasteiger partial charge in [0.25, 0.3) is 0 Å². The summed E-state index contributed by atoms with van der Waals surface area (Å²) in [6.07, 6.45) is 1.12. The van der Waals surface area contributed by atoms with Gasteiger partial charge in [0, 0.05) is 31.0 Å². The maximum Gasteiger partial charge on any atom is 0.0477 e. The van der Waals surface area contributed by atoms with Gasteiger partial charge in [-0.1, -0.05) is 36.4 Å². The van der Waals surface area contributed by atoms with Crippen LogP contribution in [0.3, 0.4) is 0 Å². The summed E-state index contributed by atoms with van der Waals surface area (Å²) in [5.74, 6) is 0. The number of para-hydroxylation sites is 2. The van der Waals surface area contributed by atoms with E-state index in [0.29, 0.717) is 6.04 Å². The Morgan fingerprint density at radius 1 is 1.06 bits per heavy atom. The van der Waals surface area contributed by atoms with Gasteiger partial charge in [-0.2, -0.15) is 0 Å². The molecular weight excluding hydrogens is 220 g/mol. The molecule has 0 saturated heterocycles. The van der Waals surface area contributed by atoms with Gasteiger partial charge in [0.1, 0.15) is 0 Å². The van der Waals surface area contributed by atoms with Crippen LogP contribution in [0.1, 0.15) is 5.56 Å². The molecule has 0 fully saturated rings. The molecule has 1 N–H and O–H groups in total. The van der Waals surface area contributed by atoms with E-state index in [0.717, 1.165) is 13.0 Å². The van der Waals surface area contributed by atoms with Crippen LogP contribution in [0, 0.1) is 0 Å². The van der Waals surface area contributed by atoms with E-state index < -0.39 is 0 Å². The lowest BCUT2D eigenvalue weighted by Crippen LogP contribution is -2.32. The van der Waals surface area contributed by atoms with Gasteiger partial charge in [0.2, 0.25) is 0 Å². The summed E-state index contributed by atoms with van der Waals surface area (Å²) >= 11 is 0. The van der Waals surface area contributed by atoms with Crippen LogP contribution < -0.4 is 10.2 Å². The van der Waals surface area contributed by atoms with Crippen LogP contribution in [0.5, 0.6) is 0 Å². The van der Waals surface area contributed by atoms with E-state index in [1.807, 2.05) is 0 Å². The fourth-order valence-electron chi connectivity index (χ4n) is 2.60. The first-order valence-electron chi connectivity index (χ1n) is 6.43. The SMILES string of the molecule is CN(C[C@@H]1Cc2ccccc2N1)c1ccccc1. The van der Waals surface area contributed by atoms with E-state index >= 15 is 0 Å². The number of nitrogens with zero attached hydrogens (tertiary/aromatic N) is 1. The highest BCUT2D eigenvalue weighted by Crippen LogP contribution is 2.26. The smallest absolute Gasteiger partial charge is 0.0477 e. The first kappa shape index (κ1) is 11.1. The first-order chi connectivity index (χ1) is 8.83. The summed E-state index contributed by atoms with van der Waals surface area (Å²) in [5.41, 5.74) is 4.00. The molecule has 2 aromatic rings. The fraction of sp³-hybridized carbons (Fsp3) is 0.250. The number of anilines is 2. The van der Waals surface area contributed by atoms with Crippen molar-refractivity contribution >= 4 is 11.4 Å². The molecule has 0 aromatic heterocycles. The number of likely N-dealkylation sites (N-methyl/N-ethyl adjacent to an activating group) is 1. The van der Waals surface area contributed by atoms with Crippen molar-refractivity contribution in [2.45, 2.75) is 12.5 Å². The largest absolute Gasteiger partial charge is 0.380 e. The Morgan fingerprint density at radius 2 is 1.78 bits per heavy atom. The number of fused-ring (bicyclic) bond motifs is 1. The van der Waals surface area contributed by atoms with Crippen LogP contribution >= 0.6 is 0 Å². The molecule has 0 radical (unpaired) electrons. The third-order valence-corrected chi connectivity index (χ3v) is 3.53. The molecule has 0 aliphatic carbocycles. The van der Waals surface area contributed by atoms with Gasteiger partial charge < -0.3 is 10.2 Å². The molecule has 0 bridgehead atoms. The van der Waals surface area contributed by atoms with E-state index in [9.17, 15) is 0 Å². The number of hydrogen-bond acceptors (Lipinski definition) is 2. The zero-order valence-corrected chi connectivity index (χ0v) is 10.6. The maximum atomic E-state index is 3.59. The molecule has 2 heteroatoms. The van der Waals surface area contributed by atoms with Crippen molar-refractivity contribution in [2.24, 2.45) is 0 Å². The zero-order chi connectivity index (χ0) is 12.4. The van der Waals surface area contributed by atoms with Gasteiger partial charge in [-0.25, -0.2) is 0 Å². The third kappa shape index (κ3) is 2.19. The average molecular weight is 238 g/mol. The van der Waals surface area contributed by atoms with Crippen LogP contribution in [0.4, 0.5) is 11.4 Å². The molecule has 0 amide bonds. The zero-order valence-electron chi connectivity index (χ0n) is 10.6. The highest BCUT2D eigenvalue weighted by Gasteiger charge is 2.20. The molecular formula is C16H18N2. The predicted octanol–water partition coefficient (Wildman–Crippen LogP) is 3.16. The molecule has 92 valence electrons.